The summed E-state index contributed by atoms with van der Waals surface area (Å²) in [5.74, 6) is -0.247. The number of anilines is 1. The molecule has 0 aliphatic heterocycles. The maximum Gasteiger partial charge on any atom is 0.123 e. The van der Waals surface area contributed by atoms with Gasteiger partial charge in [0.25, 0.3) is 0 Å². The Morgan fingerprint density at radius 2 is 1.95 bits per heavy atom. The van der Waals surface area contributed by atoms with E-state index in [-0.39, 0.29) is 11.9 Å². The zero-order chi connectivity index (χ0) is 14.5. The minimum atomic E-state index is -0.626. The van der Waals surface area contributed by atoms with Gasteiger partial charge in [-0.25, -0.2) is 4.39 Å². The van der Waals surface area contributed by atoms with E-state index in [0.717, 1.165) is 12.2 Å². The van der Waals surface area contributed by atoms with Crippen LogP contribution in [0.15, 0.2) is 24.3 Å². The predicted octanol–water partition coefficient (Wildman–Crippen LogP) is 2.93. The molecule has 0 fully saturated rings. The van der Waals surface area contributed by atoms with Crippen molar-refractivity contribution in [3.63, 3.8) is 0 Å². The summed E-state index contributed by atoms with van der Waals surface area (Å²) in [5, 5.41) is 12.6. The fraction of sp³-hybridized carbons (Fsp3) is 0.533. The van der Waals surface area contributed by atoms with Crippen molar-refractivity contribution >= 4 is 5.69 Å². The summed E-state index contributed by atoms with van der Waals surface area (Å²) >= 11 is 0. The van der Waals surface area contributed by atoms with Crippen molar-refractivity contribution in [3.05, 3.63) is 30.1 Å². The average molecular weight is 263 g/mol. The number of hydrogen-bond acceptors (Lipinski definition) is 3. The lowest BCUT2D eigenvalue weighted by Crippen LogP contribution is -2.53. The van der Waals surface area contributed by atoms with Crippen molar-refractivity contribution in [2.45, 2.75) is 39.3 Å². The first kappa shape index (κ1) is 15.5. The molecule has 1 aromatic rings. The number of hydrogen-bond donors (Lipinski definition) is 1. The predicted molar refractivity (Wildman–Crippen MR) is 76.6 cm³/mol. The molecule has 1 N–H and O–H groups in total. The molecule has 19 heavy (non-hydrogen) atoms. The van der Waals surface area contributed by atoms with E-state index in [1.807, 2.05) is 27.7 Å². The Hall–Kier alpha value is -1.60. The van der Waals surface area contributed by atoms with E-state index < -0.39 is 5.54 Å². The Labute approximate surface area is 115 Å². The van der Waals surface area contributed by atoms with Crippen LogP contribution in [-0.2, 0) is 0 Å². The van der Waals surface area contributed by atoms with Crippen LogP contribution in [0, 0.1) is 17.1 Å². The summed E-state index contributed by atoms with van der Waals surface area (Å²) in [4.78, 5) is 2.07. The zero-order valence-corrected chi connectivity index (χ0v) is 12.1. The fourth-order valence-electron chi connectivity index (χ4n) is 2.17. The second-order valence-electron chi connectivity index (χ2n) is 5.23. The van der Waals surface area contributed by atoms with E-state index in [1.165, 1.54) is 12.1 Å². The number of benzene rings is 1. The average Bonchev–Trinajstić information content (AvgIpc) is 2.36. The largest absolute Gasteiger partial charge is 0.369 e. The first-order chi connectivity index (χ1) is 8.90. The van der Waals surface area contributed by atoms with Gasteiger partial charge in [-0.3, -0.25) is 5.32 Å². The Balaban J connectivity index is 2.86. The minimum absolute atomic E-state index is 0.233. The van der Waals surface area contributed by atoms with Crippen LogP contribution >= 0.6 is 0 Å². The molecule has 0 aromatic heterocycles. The van der Waals surface area contributed by atoms with Crippen molar-refractivity contribution in [1.29, 1.82) is 5.26 Å². The van der Waals surface area contributed by atoms with Crippen molar-refractivity contribution in [3.8, 4) is 6.07 Å². The molecule has 0 bridgehead atoms. The lowest BCUT2D eigenvalue weighted by Gasteiger charge is -2.33. The molecular weight excluding hydrogens is 241 g/mol. The smallest absolute Gasteiger partial charge is 0.123 e. The Kier molecular flexibility index (Phi) is 5.31. The number of halogens is 1. The molecular formula is C15H22FN3. The Bertz CT molecular complexity index is 436. The summed E-state index contributed by atoms with van der Waals surface area (Å²) in [6.07, 6.45) is 0. The molecule has 0 saturated carbocycles. The van der Waals surface area contributed by atoms with Gasteiger partial charge >= 0.3 is 0 Å². The maximum absolute atomic E-state index is 12.9. The number of nitrogens with one attached hydrogen (secondary N) is 1. The molecule has 3 nitrogen and oxygen atoms in total. The zero-order valence-electron chi connectivity index (χ0n) is 12.1. The van der Waals surface area contributed by atoms with Crippen molar-refractivity contribution in [2.24, 2.45) is 0 Å². The molecule has 1 atom stereocenters. The van der Waals surface area contributed by atoms with E-state index in [2.05, 4.69) is 16.3 Å². The van der Waals surface area contributed by atoms with Crippen LogP contribution in [0.1, 0.15) is 27.7 Å². The van der Waals surface area contributed by atoms with E-state index in [4.69, 9.17) is 0 Å². The standard InChI is InChI=1S/C15H22FN3/c1-5-19(14-8-6-13(16)7-9-14)11-15(4,10-17)18-12(2)3/h6-9,12,18H,5,11H2,1-4H3. The summed E-state index contributed by atoms with van der Waals surface area (Å²) in [6.45, 7) is 9.27. The molecule has 0 amide bonds. The first-order valence-electron chi connectivity index (χ1n) is 6.59. The number of nitrogens with zero attached hydrogens (tertiary/aromatic N) is 2. The second-order valence-corrected chi connectivity index (χ2v) is 5.23. The fourth-order valence-corrected chi connectivity index (χ4v) is 2.17. The Morgan fingerprint density at radius 3 is 2.37 bits per heavy atom. The van der Waals surface area contributed by atoms with Gasteiger partial charge in [0.05, 0.1) is 6.07 Å². The third kappa shape index (κ3) is 4.53. The Morgan fingerprint density at radius 1 is 1.37 bits per heavy atom. The topological polar surface area (TPSA) is 39.1 Å². The van der Waals surface area contributed by atoms with Gasteiger partial charge in [-0.05, 0) is 52.0 Å². The highest BCUT2D eigenvalue weighted by Gasteiger charge is 2.27. The van der Waals surface area contributed by atoms with Crippen LogP contribution in [0.3, 0.4) is 0 Å². The number of nitriles is 1. The van der Waals surface area contributed by atoms with Crippen molar-refractivity contribution < 1.29 is 4.39 Å². The molecule has 0 radical (unpaired) electrons. The SMILES string of the molecule is CCN(CC(C)(C#N)NC(C)C)c1ccc(F)cc1. The van der Waals surface area contributed by atoms with Crippen molar-refractivity contribution in [2.75, 3.05) is 18.0 Å². The van der Waals surface area contributed by atoms with Gasteiger partial charge in [-0.2, -0.15) is 5.26 Å². The van der Waals surface area contributed by atoms with Crippen LogP contribution < -0.4 is 10.2 Å². The third-order valence-corrected chi connectivity index (χ3v) is 2.93. The van der Waals surface area contributed by atoms with Gasteiger partial charge in [-0.15, -0.1) is 0 Å². The quantitative estimate of drug-likeness (QED) is 0.857. The lowest BCUT2D eigenvalue weighted by atomic mass is 10.0. The third-order valence-electron chi connectivity index (χ3n) is 2.93. The second kappa shape index (κ2) is 6.53. The van der Waals surface area contributed by atoms with Crippen LogP contribution in [-0.4, -0.2) is 24.7 Å². The van der Waals surface area contributed by atoms with E-state index in [0.29, 0.717) is 6.54 Å². The van der Waals surface area contributed by atoms with Gasteiger partial charge in [0.2, 0.25) is 0 Å². The first-order valence-corrected chi connectivity index (χ1v) is 6.59. The summed E-state index contributed by atoms with van der Waals surface area (Å²) in [5.41, 5.74) is 0.300. The van der Waals surface area contributed by atoms with Gasteiger partial charge in [0.15, 0.2) is 0 Å². The van der Waals surface area contributed by atoms with Gasteiger partial charge in [-0.1, -0.05) is 0 Å². The van der Waals surface area contributed by atoms with E-state index in [1.54, 1.807) is 12.1 Å². The van der Waals surface area contributed by atoms with Gasteiger partial charge in [0.1, 0.15) is 11.4 Å². The normalized spacial score (nSPS) is 13.9. The monoisotopic (exact) mass is 263 g/mol. The summed E-state index contributed by atoms with van der Waals surface area (Å²) < 4.78 is 12.9. The highest BCUT2D eigenvalue weighted by Crippen LogP contribution is 2.18. The van der Waals surface area contributed by atoms with Crippen LogP contribution in [0.2, 0.25) is 0 Å². The van der Waals surface area contributed by atoms with Crippen molar-refractivity contribution in [1.82, 2.24) is 5.32 Å². The van der Waals surface area contributed by atoms with E-state index >= 15 is 0 Å². The molecule has 104 valence electrons. The van der Waals surface area contributed by atoms with Gasteiger partial charge in [0, 0.05) is 24.8 Å². The molecule has 0 heterocycles. The van der Waals surface area contributed by atoms with Crippen LogP contribution in [0.5, 0.6) is 0 Å². The minimum Gasteiger partial charge on any atom is -0.369 e. The molecule has 0 spiro atoms. The highest BCUT2D eigenvalue weighted by molar-refractivity contribution is 5.47. The summed E-state index contributed by atoms with van der Waals surface area (Å²) in [6, 6.07) is 8.93. The maximum atomic E-state index is 12.9. The molecule has 0 aliphatic carbocycles. The molecule has 1 aromatic carbocycles. The molecule has 1 rings (SSSR count). The number of rotatable bonds is 6. The highest BCUT2D eigenvalue weighted by atomic mass is 19.1. The molecule has 4 heteroatoms. The molecule has 0 saturated heterocycles. The van der Waals surface area contributed by atoms with E-state index in [9.17, 15) is 9.65 Å². The lowest BCUT2D eigenvalue weighted by molar-refractivity contribution is 0.404. The summed E-state index contributed by atoms with van der Waals surface area (Å²) in [7, 11) is 0. The van der Waals surface area contributed by atoms with Crippen LogP contribution in [0.4, 0.5) is 10.1 Å². The molecule has 1 unspecified atom stereocenters. The van der Waals surface area contributed by atoms with Crippen LogP contribution in [0.25, 0.3) is 0 Å². The van der Waals surface area contributed by atoms with Gasteiger partial charge < -0.3 is 4.90 Å². The number of likely N-dealkylation sites (N-methyl/N-ethyl adjacent to an activating group) is 1. The molecule has 0 aliphatic rings.